The van der Waals surface area contributed by atoms with Crippen molar-refractivity contribution in [1.82, 2.24) is 30.1 Å². The lowest BCUT2D eigenvalue weighted by molar-refractivity contribution is 0.178. The van der Waals surface area contributed by atoms with E-state index in [-0.39, 0.29) is 11.6 Å². The second-order valence-electron chi connectivity index (χ2n) is 9.53. The van der Waals surface area contributed by atoms with Crippen LogP contribution in [-0.2, 0) is 13.1 Å². The Morgan fingerprint density at radius 1 is 1.17 bits per heavy atom. The minimum Gasteiger partial charge on any atom is -0.468 e. The lowest BCUT2D eigenvalue weighted by Gasteiger charge is -2.30. The number of aromatic nitrogens is 5. The van der Waals surface area contributed by atoms with Gasteiger partial charge in [-0.3, -0.25) is 9.69 Å². The molecule has 184 valence electrons. The lowest BCUT2D eigenvalue weighted by atomic mass is 10.0. The van der Waals surface area contributed by atoms with E-state index >= 15 is 0 Å². The lowest BCUT2D eigenvalue weighted by Crippen LogP contribution is -2.35. The van der Waals surface area contributed by atoms with E-state index in [1.165, 1.54) is 4.88 Å². The zero-order chi connectivity index (χ0) is 24.5. The van der Waals surface area contributed by atoms with Crippen LogP contribution in [0.2, 0.25) is 0 Å². The molecule has 1 aliphatic carbocycles. The van der Waals surface area contributed by atoms with Crippen molar-refractivity contribution in [3.8, 4) is 0 Å². The van der Waals surface area contributed by atoms with Gasteiger partial charge in [0.15, 0.2) is 5.82 Å². The number of hydrogen-bond donors (Lipinski definition) is 1. The van der Waals surface area contributed by atoms with Crippen molar-refractivity contribution in [2.45, 2.75) is 57.8 Å². The van der Waals surface area contributed by atoms with Gasteiger partial charge in [-0.2, -0.15) is 0 Å². The Morgan fingerprint density at radius 3 is 2.83 bits per heavy atom. The van der Waals surface area contributed by atoms with Crippen LogP contribution in [0.25, 0.3) is 10.9 Å². The summed E-state index contributed by atoms with van der Waals surface area (Å²) in [5, 5.41) is 16.1. The Balaban J connectivity index is 1.53. The quantitative estimate of drug-likeness (QED) is 0.307. The van der Waals surface area contributed by atoms with Crippen LogP contribution in [0, 0.1) is 6.92 Å². The van der Waals surface area contributed by atoms with Crippen LogP contribution in [0.15, 0.2) is 69.4 Å². The molecule has 36 heavy (non-hydrogen) atoms. The molecule has 4 aromatic heterocycles. The number of furan rings is 1. The van der Waals surface area contributed by atoms with Crippen molar-refractivity contribution in [3.05, 3.63) is 98.1 Å². The second-order valence-corrected chi connectivity index (χ2v) is 10.6. The Kier molecular flexibility index (Phi) is 6.25. The number of aryl methyl sites for hydroxylation is 1. The molecule has 0 spiro atoms. The van der Waals surface area contributed by atoms with Crippen molar-refractivity contribution in [2.24, 2.45) is 0 Å². The molecule has 4 heterocycles. The third kappa shape index (κ3) is 4.52. The van der Waals surface area contributed by atoms with Gasteiger partial charge in [-0.15, -0.1) is 16.4 Å². The third-order valence-corrected chi connectivity index (χ3v) is 7.86. The molecular weight excluding hydrogens is 472 g/mol. The molecule has 0 aliphatic heterocycles. The summed E-state index contributed by atoms with van der Waals surface area (Å²) in [5.41, 5.74) is 2.43. The number of pyridine rings is 1. The highest BCUT2D eigenvalue weighted by Crippen LogP contribution is 2.35. The smallest absolute Gasteiger partial charge is 0.253 e. The average molecular weight is 501 g/mol. The van der Waals surface area contributed by atoms with E-state index in [1.54, 1.807) is 17.6 Å². The largest absolute Gasteiger partial charge is 0.468 e. The Labute approximate surface area is 212 Å². The van der Waals surface area contributed by atoms with Gasteiger partial charge >= 0.3 is 0 Å². The topological polar surface area (TPSA) is 92.8 Å². The minimum atomic E-state index is -0.456. The number of fused-ring (bicyclic) bond motifs is 1. The van der Waals surface area contributed by atoms with Crippen molar-refractivity contribution in [3.63, 3.8) is 0 Å². The van der Waals surface area contributed by atoms with E-state index in [0.29, 0.717) is 24.5 Å². The fourth-order valence-corrected chi connectivity index (χ4v) is 6.00. The van der Waals surface area contributed by atoms with Gasteiger partial charge < -0.3 is 9.40 Å². The molecule has 1 saturated carbocycles. The summed E-state index contributed by atoms with van der Waals surface area (Å²) >= 11 is 1.69. The molecule has 0 saturated heterocycles. The molecule has 1 N–H and O–H groups in total. The highest BCUT2D eigenvalue weighted by molar-refractivity contribution is 7.09. The van der Waals surface area contributed by atoms with Gasteiger partial charge in [0.05, 0.1) is 18.8 Å². The van der Waals surface area contributed by atoms with Gasteiger partial charge in [0.1, 0.15) is 11.8 Å². The highest BCUT2D eigenvalue weighted by atomic mass is 32.1. The summed E-state index contributed by atoms with van der Waals surface area (Å²) in [6, 6.07) is 15.9. The van der Waals surface area contributed by atoms with Crippen LogP contribution in [0.5, 0.6) is 0 Å². The second kappa shape index (κ2) is 9.83. The Hall–Kier alpha value is -3.56. The van der Waals surface area contributed by atoms with Crippen molar-refractivity contribution in [2.75, 3.05) is 0 Å². The summed E-state index contributed by atoms with van der Waals surface area (Å²) in [7, 11) is 0. The molecule has 0 unspecified atom stereocenters. The summed E-state index contributed by atoms with van der Waals surface area (Å²) in [5.74, 6) is 1.52. The van der Waals surface area contributed by atoms with Crippen molar-refractivity contribution < 1.29 is 4.42 Å². The number of thiophene rings is 1. The van der Waals surface area contributed by atoms with Gasteiger partial charge in [0.25, 0.3) is 5.56 Å². The first-order valence-electron chi connectivity index (χ1n) is 12.4. The summed E-state index contributed by atoms with van der Waals surface area (Å²) in [6.45, 7) is 3.17. The standard InChI is InChI=1S/C27H28N6O2S/c1-18-10-11-19-15-23(27(34)28-24(19)14-18)25(26-29-30-31-33(26)20-6-2-3-7-20)32(16-21-8-4-12-35-21)17-22-9-5-13-36-22/h4-5,8-15,20,25H,2-3,6-7,16-17H2,1H3,(H,28,34)/t25-/m1/s1. The van der Waals surface area contributed by atoms with Gasteiger partial charge in [-0.1, -0.05) is 31.0 Å². The van der Waals surface area contributed by atoms with Gasteiger partial charge in [-0.25, -0.2) is 4.68 Å². The van der Waals surface area contributed by atoms with Crippen LogP contribution in [0.3, 0.4) is 0 Å². The number of nitrogens with one attached hydrogen (secondary N) is 1. The molecule has 6 rings (SSSR count). The molecular formula is C27H28N6O2S. The number of rotatable bonds is 8. The molecule has 0 radical (unpaired) electrons. The third-order valence-electron chi connectivity index (χ3n) is 7.00. The zero-order valence-corrected chi connectivity index (χ0v) is 20.9. The van der Waals surface area contributed by atoms with E-state index in [9.17, 15) is 4.79 Å². The van der Waals surface area contributed by atoms with E-state index in [0.717, 1.165) is 47.9 Å². The number of H-pyrrole nitrogens is 1. The molecule has 1 aliphatic rings. The maximum absolute atomic E-state index is 13.6. The van der Waals surface area contributed by atoms with Gasteiger partial charge in [0.2, 0.25) is 0 Å². The Morgan fingerprint density at radius 2 is 2.06 bits per heavy atom. The molecule has 9 heteroatoms. The Bertz CT molecular complexity index is 1460. The maximum atomic E-state index is 13.6. The first-order valence-corrected chi connectivity index (χ1v) is 13.2. The van der Waals surface area contributed by atoms with Gasteiger partial charge in [0, 0.05) is 22.5 Å². The number of hydrogen-bond acceptors (Lipinski definition) is 7. The van der Waals surface area contributed by atoms with Crippen LogP contribution in [0.1, 0.15) is 65.4 Å². The van der Waals surface area contributed by atoms with E-state index < -0.39 is 6.04 Å². The first-order chi connectivity index (χ1) is 17.7. The average Bonchev–Trinajstić information content (AvgIpc) is 3.68. The fourth-order valence-electron chi connectivity index (χ4n) is 5.27. The molecule has 0 amide bonds. The molecule has 1 aromatic carbocycles. The zero-order valence-electron chi connectivity index (χ0n) is 20.1. The normalized spacial score (nSPS) is 15.3. The molecule has 1 fully saturated rings. The maximum Gasteiger partial charge on any atom is 0.253 e. The van der Waals surface area contributed by atoms with Crippen molar-refractivity contribution in [1.29, 1.82) is 0 Å². The van der Waals surface area contributed by atoms with Crippen LogP contribution in [-0.4, -0.2) is 30.1 Å². The monoisotopic (exact) mass is 500 g/mol. The predicted molar refractivity (Wildman–Crippen MR) is 139 cm³/mol. The SMILES string of the molecule is Cc1ccc2cc([C@H](c3nnnn3C3CCCC3)N(Cc3ccco3)Cc3cccs3)c(=O)[nH]c2c1. The first kappa shape index (κ1) is 22.9. The molecule has 5 aromatic rings. The van der Waals surface area contributed by atoms with Crippen LogP contribution < -0.4 is 5.56 Å². The minimum absolute atomic E-state index is 0.130. The molecule has 1 atom stereocenters. The summed E-state index contributed by atoms with van der Waals surface area (Å²) < 4.78 is 7.71. The van der Waals surface area contributed by atoms with E-state index in [2.05, 4.69) is 49.0 Å². The van der Waals surface area contributed by atoms with Crippen LogP contribution >= 0.6 is 11.3 Å². The highest BCUT2D eigenvalue weighted by Gasteiger charge is 2.34. The molecule has 8 nitrogen and oxygen atoms in total. The number of aromatic amines is 1. The number of tetrazole rings is 1. The summed E-state index contributed by atoms with van der Waals surface area (Å²) in [4.78, 5) is 20.2. The van der Waals surface area contributed by atoms with Crippen molar-refractivity contribution >= 4 is 22.2 Å². The van der Waals surface area contributed by atoms with Gasteiger partial charge in [-0.05, 0) is 76.9 Å². The van der Waals surface area contributed by atoms with E-state index in [1.807, 2.05) is 41.9 Å². The summed E-state index contributed by atoms with van der Waals surface area (Å²) in [6.07, 6.45) is 6.09. The molecule has 0 bridgehead atoms. The van der Waals surface area contributed by atoms with E-state index in [4.69, 9.17) is 4.42 Å². The fraction of sp³-hybridized carbons (Fsp3) is 0.333. The van der Waals surface area contributed by atoms with Crippen LogP contribution in [0.4, 0.5) is 0 Å². The number of benzene rings is 1. The number of nitrogens with zero attached hydrogens (tertiary/aromatic N) is 5. The predicted octanol–water partition coefficient (Wildman–Crippen LogP) is 5.38.